The van der Waals surface area contributed by atoms with Crippen molar-refractivity contribution >= 4 is 28.7 Å². The van der Waals surface area contributed by atoms with Crippen LogP contribution in [0.5, 0.6) is 0 Å². The molecule has 3 heterocycles. The van der Waals surface area contributed by atoms with Gasteiger partial charge in [0.05, 0.1) is 21.8 Å². The van der Waals surface area contributed by atoms with Gasteiger partial charge in [-0.25, -0.2) is 4.68 Å². The molecule has 0 N–H and O–H groups in total. The fraction of sp³-hybridized carbons (Fsp3) is 0.263. The Morgan fingerprint density at radius 3 is 2.88 bits per heavy atom. The lowest BCUT2D eigenvalue weighted by atomic mass is 10.1. The Morgan fingerprint density at radius 1 is 1.23 bits per heavy atom. The van der Waals surface area contributed by atoms with E-state index in [1.165, 1.54) is 6.07 Å². The highest BCUT2D eigenvalue weighted by Crippen LogP contribution is 2.31. The maximum atomic E-state index is 11.2. The summed E-state index contributed by atoms with van der Waals surface area (Å²) in [6.45, 7) is 0.681. The third-order valence-electron chi connectivity index (χ3n) is 4.46. The van der Waals surface area contributed by atoms with E-state index in [1.54, 1.807) is 23.0 Å². The van der Waals surface area contributed by atoms with Crippen molar-refractivity contribution in [1.29, 1.82) is 0 Å². The zero-order valence-corrected chi connectivity index (χ0v) is 14.1. The summed E-state index contributed by atoms with van der Waals surface area (Å²) < 4.78 is 7.62. The van der Waals surface area contributed by atoms with Crippen LogP contribution in [-0.4, -0.2) is 26.3 Å². The van der Waals surface area contributed by atoms with Crippen LogP contribution in [0.4, 0.5) is 5.69 Å². The van der Waals surface area contributed by atoms with Crippen LogP contribution in [-0.2, 0) is 4.74 Å². The van der Waals surface area contributed by atoms with E-state index in [1.807, 2.05) is 30.4 Å². The first kappa shape index (κ1) is 16.4. The average Bonchev–Trinajstić information content (AvgIpc) is 3.06. The molecule has 0 aliphatic carbocycles. The lowest BCUT2D eigenvalue weighted by molar-refractivity contribution is -0.384. The van der Waals surface area contributed by atoms with Crippen molar-refractivity contribution in [2.45, 2.75) is 25.5 Å². The van der Waals surface area contributed by atoms with Crippen LogP contribution in [0.2, 0.25) is 0 Å². The van der Waals surface area contributed by atoms with Crippen LogP contribution in [0, 0.1) is 10.1 Å². The van der Waals surface area contributed by atoms with E-state index >= 15 is 0 Å². The summed E-state index contributed by atoms with van der Waals surface area (Å²) in [4.78, 5) is 15.1. The van der Waals surface area contributed by atoms with E-state index in [0.717, 1.165) is 36.0 Å². The largest absolute Gasteiger partial charge is 0.356 e. The number of hydrogen-bond acceptors (Lipinski definition) is 5. The normalized spacial score (nSPS) is 17.8. The molecular weight excluding hydrogens is 332 g/mol. The molecule has 1 saturated heterocycles. The third-order valence-corrected chi connectivity index (χ3v) is 4.46. The van der Waals surface area contributed by atoms with Gasteiger partial charge in [0.15, 0.2) is 6.23 Å². The number of rotatable bonds is 4. The number of nitro groups is 1. The standard InChI is InChI=1S/C19H18N4O3/c24-23(25)15-8-9-16-17(10-7-14-5-1-3-11-20-14)21-22(18(16)13-15)19-6-2-4-12-26-19/h1,3,5,7-11,13,19H,2,4,6,12H2/b10-7-. The van der Waals surface area contributed by atoms with Crippen LogP contribution < -0.4 is 0 Å². The Balaban J connectivity index is 1.79. The summed E-state index contributed by atoms with van der Waals surface area (Å²) in [6, 6.07) is 10.5. The fourth-order valence-corrected chi connectivity index (χ4v) is 3.16. The molecule has 0 saturated carbocycles. The van der Waals surface area contributed by atoms with Gasteiger partial charge < -0.3 is 4.74 Å². The van der Waals surface area contributed by atoms with Gasteiger partial charge in [-0.05, 0) is 49.6 Å². The molecule has 7 heteroatoms. The first-order chi connectivity index (χ1) is 12.7. The van der Waals surface area contributed by atoms with Gasteiger partial charge in [-0.15, -0.1) is 0 Å². The predicted molar refractivity (Wildman–Crippen MR) is 98.4 cm³/mol. The number of nitrogens with zero attached hydrogens (tertiary/aromatic N) is 4. The number of benzene rings is 1. The van der Waals surface area contributed by atoms with Gasteiger partial charge in [-0.3, -0.25) is 15.1 Å². The minimum absolute atomic E-state index is 0.0507. The lowest BCUT2D eigenvalue weighted by Crippen LogP contribution is -2.19. The molecular formula is C19H18N4O3. The Hall–Kier alpha value is -3.06. The first-order valence-corrected chi connectivity index (χ1v) is 8.60. The van der Waals surface area contributed by atoms with E-state index in [0.29, 0.717) is 12.1 Å². The quantitative estimate of drug-likeness (QED) is 0.520. The molecule has 0 bridgehead atoms. The van der Waals surface area contributed by atoms with Crippen LogP contribution >= 0.6 is 0 Å². The van der Waals surface area contributed by atoms with E-state index < -0.39 is 0 Å². The second kappa shape index (κ2) is 7.05. The van der Waals surface area contributed by atoms with Gasteiger partial charge in [-0.1, -0.05) is 6.07 Å². The van der Waals surface area contributed by atoms with Crippen molar-refractivity contribution in [2.75, 3.05) is 6.61 Å². The predicted octanol–water partition coefficient (Wildman–Crippen LogP) is 4.21. The number of hydrogen-bond donors (Lipinski definition) is 0. The minimum atomic E-state index is -0.387. The number of nitro benzene ring substituents is 1. The summed E-state index contributed by atoms with van der Waals surface area (Å²) in [5, 5.41) is 16.7. The van der Waals surface area contributed by atoms with Gasteiger partial charge >= 0.3 is 0 Å². The van der Waals surface area contributed by atoms with Crippen molar-refractivity contribution in [3.05, 3.63) is 64.1 Å². The Morgan fingerprint density at radius 2 is 2.15 bits per heavy atom. The van der Waals surface area contributed by atoms with Crippen molar-refractivity contribution < 1.29 is 9.66 Å². The number of non-ortho nitro benzene ring substituents is 1. The third kappa shape index (κ3) is 3.21. The highest BCUT2D eigenvalue weighted by atomic mass is 16.6. The number of fused-ring (bicyclic) bond motifs is 1. The summed E-state index contributed by atoms with van der Waals surface area (Å²) in [6.07, 6.45) is 8.25. The highest BCUT2D eigenvalue weighted by molar-refractivity contribution is 5.91. The maximum Gasteiger partial charge on any atom is 0.271 e. The molecule has 1 unspecified atom stereocenters. The Kier molecular flexibility index (Phi) is 4.45. The summed E-state index contributed by atoms with van der Waals surface area (Å²) in [5.74, 6) is 0. The Bertz CT molecular complexity index is 960. The monoisotopic (exact) mass is 350 g/mol. The first-order valence-electron chi connectivity index (χ1n) is 8.60. The topological polar surface area (TPSA) is 83.1 Å². The van der Waals surface area contributed by atoms with Crippen LogP contribution in [0.15, 0.2) is 42.6 Å². The molecule has 1 atom stereocenters. The molecule has 1 aromatic carbocycles. The second-order valence-electron chi connectivity index (χ2n) is 6.20. The summed E-state index contributed by atoms with van der Waals surface area (Å²) in [7, 11) is 0. The number of pyridine rings is 1. The Labute approximate surface area is 150 Å². The molecule has 7 nitrogen and oxygen atoms in total. The molecule has 2 aromatic heterocycles. The molecule has 0 amide bonds. The second-order valence-corrected chi connectivity index (χ2v) is 6.20. The van der Waals surface area contributed by atoms with Gasteiger partial charge in [0.1, 0.15) is 0 Å². The molecule has 3 aromatic rings. The van der Waals surface area contributed by atoms with Crippen LogP contribution in [0.25, 0.3) is 23.1 Å². The van der Waals surface area contributed by atoms with E-state index in [-0.39, 0.29) is 16.8 Å². The molecule has 0 radical (unpaired) electrons. The smallest absolute Gasteiger partial charge is 0.271 e. The number of ether oxygens (including phenoxy) is 1. The van der Waals surface area contributed by atoms with Gasteiger partial charge in [-0.2, -0.15) is 5.10 Å². The zero-order chi connectivity index (χ0) is 17.9. The van der Waals surface area contributed by atoms with E-state index in [2.05, 4.69) is 10.1 Å². The van der Waals surface area contributed by atoms with Crippen LogP contribution in [0.3, 0.4) is 0 Å². The maximum absolute atomic E-state index is 11.2. The molecule has 4 rings (SSSR count). The zero-order valence-electron chi connectivity index (χ0n) is 14.1. The lowest BCUT2D eigenvalue weighted by Gasteiger charge is -2.23. The van der Waals surface area contributed by atoms with Gasteiger partial charge in [0.2, 0.25) is 0 Å². The molecule has 26 heavy (non-hydrogen) atoms. The fourth-order valence-electron chi connectivity index (χ4n) is 3.16. The van der Waals surface area contributed by atoms with Crippen molar-refractivity contribution in [2.24, 2.45) is 0 Å². The van der Waals surface area contributed by atoms with Crippen molar-refractivity contribution in [1.82, 2.24) is 14.8 Å². The minimum Gasteiger partial charge on any atom is -0.356 e. The molecule has 132 valence electrons. The molecule has 1 aliphatic heterocycles. The highest BCUT2D eigenvalue weighted by Gasteiger charge is 2.22. The average molecular weight is 350 g/mol. The summed E-state index contributed by atoms with van der Waals surface area (Å²) >= 11 is 0. The molecule has 1 aliphatic rings. The summed E-state index contributed by atoms with van der Waals surface area (Å²) in [5.41, 5.74) is 2.34. The van der Waals surface area contributed by atoms with Crippen LogP contribution in [0.1, 0.15) is 36.9 Å². The molecule has 1 fully saturated rings. The number of aromatic nitrogens is 3. The van der Waals surface area contributed by atoms with E-state index in [9.17, 15) is 10.1 Å². The SMILES string of the molecule is O=[N+]([O-])c1ccc2c(/C=C\c3ccccn3)nn(C3CCCCO3)c2c1. The van der Waals surface area contributed by atoms with E-state index in [4.69, 9.17) is 4.74 Å². The van der Waals surface area contributed by atoms with Crippen molar-refractivity contribution in [3.8, 4) is 0 Å². The van der Waals surface area contributed by atoms with Gasteiger partial charge in [0, 0.05) is 30.3 Å². The van der Waals surface area contributed by atoms with Gasteiger partial charge in [0.25, 0.3) is 5.69 Å². The molecule has 0 spiro atoms. The van der Waals surface area contributed by atoms with Crippen molar-refractivity contribution in [3.63, 3.8) is 0 Å².